The van der Waals surface area contributed by atoms with Crippen molar-refractivity contribution in [1.29, 1.82) is 0 Å². The van der Waals surface area contributed by atoms with Crippen LogP contribution in [0.15, 0.2) is 18.2 Å². The summed E-state index contributed by atoms with van der Waals surface area (Å²) < 4.78 is 26.3. The summed E-state index contributed by atoms with van der Waals surface area (Å²) in [5, 5.41) is 3.18. The summed E-state index contributed by atoms with van der Waals surface area (Å²) in [6, 6.07) is 3.11. The van der Waals surface area contributed by atoms with Gasteiger partial charge in [-0.15, -0.1) is 0 Å². The number of nitrogens with one attached hydrogen (secondary N) is 1. The molecule has 24 heavy (non-hydrogen) atoms. The number of halogens is 2. The van der Waals surface area contributed by atoms with Crippen LogP contribution in [-0.4, -0.2) is 60.9 Å². The summed E-state index contributed by atoms with van der Waals surface area (Å²) in [7, 11) is 0. The van der Waals surface area contributed by atoms with Gasteiger partial charge in [0.2, 0.25) is 5.91 Å². The Bertz CT molecular complexity index is 589. The van der Waals surface area contributed by atoms with Crippen LogP contribution in [0.3, 0.4) is 0 Å². The second-order valence-corrected chi connectivity index (χ2v) is 5.80. The first-order chi connectivity index (χ1) is 11.5. The van der Waals surface area contributed by atoms with Gasteiger partial charge in [-0.1, -0.05) is 6.92 Å². The van der Waals surface area contributed by atoms with Crippen LogP contribution in [0.4, 0.5) is 8.78 Å². The van der Waals surface area contributed by atoms with E-state index in [9.17, 15) is 18.4 Å². The largest absolute Gasteiger partial charge is 0.340 e. The zero-order chi connectivity index (χ0) is 17.5. The van der Waals surface area contributed by atoms with E-state index >= 15 is 0 Å². The fraction of sp³-hybridized carbons (Fsp3) is 0.529. The van der Waals surface area contributed by atoms with Crippen LogP contribution in [-0.2, 0) is 4.79 Å². The Morgan fingerprint density at radius 2 is 1.88 bits per heavy atom. The van der Waals surface area contributed by atoms with Gasteiger partial charge in [-0.25, -0.2) is 8.78 Å². The molecule has 1 fully saturated rings. The van der Waals surface area contributed by atoms with E-state index in [1.165, 1.54) is 11.0 Å². The molecular formula is C17H23F2N3O2. The Balaban J connectivity index is 1.98. The summed E-state index contributed by atoms with van der Waals surface area (Å²) in [4.78, 5) is 28.0. The molecular weight excluding hydrogens is 316 g/mol. The minimum atomic E-state index is -1.05. The molecule has 0 atom stereocenters. The van der Waals surface area contributed by atoms with Gasteiger partial charge in [-0.05, 0) is 24.6 Å². The van der Waals surface area contributed by atoms with Crippen molar-refractivity contribution in [3.63, 3.8) is 0 Å². The van der Waals surface area contributed by atoms with Crippen molar-refractivity contribution >= 4 is 11.8 Å². The summed E-state index contributed by atoms with van der Waals surface area (Å²) in [5.74, 6) is -2.41. The third-order valence-electron chi connectivity index (χ3n) is 4.01. The normalized spacial score (nSPS) is 14.5. The lowest BCUT2D eigenvalue weighted by molar-refractivity contribution is -0.131. The molecule has 0 aliphatic carbocycles. The summed E-state index contributed by atoms with van der Waals surface area (Å²) in [6.07, 6.45) is 0.951. The van der Waals surface area contributed by atoms with Gasteiger partial charge in [0.1, 0.15) is 0 Å². The Labute approximate surface area is 140 Å². The first-order valence-electron chi connectivity index (χ1n) is 8.25. The van der Waals surface area contributed by atoms with Gasteiger partial charge in [0.25, 0.3) is 5.91 Å². The average Bonchev–Trinajstić information content (AvgIpc) is 2.61. The molecule has 0 aromatic heterocycles. The maximum Gasteiger partial charge on any atom is 0.253 e. The van der Waals surface area contributed by atoms with E-state index in [0.717, 1.165) is 31.6 Å². The van der Waals surface area contributed by atoms with Gasteiger partial charge in [0.05, 0.1) is 0 Å². The number of piperazine rings is 1. The lowest BCUT2D eigenvalue weighted by atomic mass is 10.1. The van der Waals surface area contributed by atoms with E-state index in [-0.39, 0.29) is 30.3 Å². The van der Waals surface area contributed by atoms with Crippen molar-refractivity contribution in [2.75, 3.05) is 39.3 Å². The summed E-state index contributed by atoms with van der Waals surface area (Å²) >= 11 is 0. The fourth-order valence-electron chi connectivity index (χ4n) is 2.70. The second kappa shape index (κ2) is 8.73. The predicted octanol–water partition coefficient (Wildman–Crippen LogP) is 1.64. The molecule has 0 saturated carbocycles. The number of rotatable bonds is 6. The molecule has 1 aromatic carbocycles. The molecule has 1 aliphatic rings. The number of carbonyl (C=O) groups is 2. The number of amides is 2. The van der Waals surface area contributed by atoms with E-state index in [1.807, 2.05) is 6.92 Å². The third kappa shape index (κ3) is 4.74. The van der Waals surface area contributed by atoms with Crippen LogP contribution in [0.25, 0.3) is 0 Å². The maximum absolute atomic E-state index is 13.3. The molecule has 0 bridgehead atoms. The third-order valence-corrected chi connectivity index (χ3v) is 4.01. The Morgan fingerprint density at radius 3 is 2.50 bits per heavy atom. The number of benzene rings is 1. The van der Waals surface area contributed by atoms with Crippen LogP contribution in [0.2, 0.25) is 0 Å². The fourth-order valence-corrected chi connectivity index (χ4v) is 2.70. The predicted molar refractivity (Wildman–Crippen MR) is 86.6 cm³/mol. The standard InChI is InChI=1S/C17H23F2N3O2/c1-2-8-22(9-5-16(23)21-10-6-20-7-11-21)17(24)13-3-4-14(18)15(19)12-13/h3-4,12,20H,2,5-11H2,1H3. The zero-order valence-electron chi connectivity index (χ0n) is 13.9. The van der Waals surface area contributed by atoms with Gasteiger partial charge < -0.3 is 15.1 Å². The number of nitrogens with zero attached hydrogens (tertiary/aromatic N) is 2. The highest BCUT2D eigenvalue weighted by atomic mass is 19.2. The SMILES string of the molecule is CCCN(CCC(=O)N1CCNCC1)C(=O)c1ccc(F)c(F)c1. The molecule has 1 heterocycles. The number of hydrogen-bond donors (Lipinski definition) is 1. The maximum atomic E-state index is 13.3. The van der Waals surface area contributed by atoms with Gasteiger partial charge in [0, 0.05) is 51.3 Å². The highest BCUT2D eigenvalue weighted by Gasteiger charge is 2.20. The lowest BCUT2D eigenvalue weighted by Crippen LogP contribution is -2.47. The molecule has 5 nitrogen and oxygen atoms in total. The first-order valence-corrected chi connectivity index (χ1v) is 8.25. The van der Waals surface area contributed by atoms with Crippen LogP contribution >= 0.6 is 0 Å². The Morgan fingerprint density at radius 1 is 1.17 bits per heavy atom. The second-order valence-electron chi connectivity index (χ2n) is 5.80. The monoisotopic (exact) mass is 339 g/mol. The van der Waals surface area contributed by atoms with E-state index < -0.39 is 11.6 Å². The molecule has 7 heteroatoms. The van der Waals surface area contributed by atoms with Crippen molar-refractivity contribution in [3.8, 4) is 0 Å². The van der Waals surface area contributed by atoms with Crippen LogP contribution in [0, 0.1) is 11.6 Å². The molecule has 2 amide bonds. The Kier molecular flexibility index (Phi) is 6.66. The average molecular weight is 339 g/mol. The molecule has 1 aromatic rings. The lowest BCUT2D eigenvalue weighted by Gasteiger charge is -2.29. The molecule has 2 rings (SSSR count). The van der Waals surface area contributed by atoms with Crippen molar-refractivity contribution < 1.29 is 18.4 Å². The van der Waals surface area contributed by atoms with Gasteiger partial charge >= 0.3 is 0 Å². The Hall–Kier alpha value is -2.02. The van der Waals surface area contributed by atoms with Crippen molar-refractivity contribution in [2.24, 2.45) is 0 Å². The summed E-state index contributed by atoms with van der Waals surface area (Å²) in [5.41, 5.74) is 0.0944. The van der Waals surface area contributed by atoms with E-state index in [1.54, 1.807) is 4.90 Å². The van der Waals surface area contributed by atoms with Crippen LogP contribution in [0.1, 0.15) is 30.1 Å². The van der Waals surface area contributed by atoms with Gasteiger partial charge in [-0.2, -0.15) is 0 Å². The molecule has 0 radical (unpaired) electrons. The molecule has 1 saturated heterocycles. The first kappa shape index (κ1) is 18.3. The van der Waals surface area contributed by atoms with Gasteiger partial charge in [-0.3, -0.25) is 9.59 Å². The van der Waals surface area contributed by atoms with E-state index in [4.69, 9.17) is 0 Å². The van der Waals surface area contributed by atoms with E-state index in [2.05, 4.69) is 5.32 Å². The molecule has 132 valence electrons. The van der Waals surface area contributed by atoms with Crippen molar-refractivity contribution in [2.45, 2.75) is 19.8 Å². The minimum absolute atomic E-state index is 0.00990. The van der Waals surface area contributed by atoms with Crippen LogP contribution in [0.5, 0.6) is 0 Å². The highest BCUT2D eigenvalue weighted by Crippen LogP contribution is 2.12. The molecule has 1 N–H and O–H groups in total. The van der Waals surface area contributed by atoms with Crippen LogP contribution < -0.4 is 5.32 Å². The quantitative estimate of drug-likeness (QED) is 0.857. The number of hydrogen-bond acceptors (Lipinski definition) is 3. The molecule has 0 spiro atoms. The topological polar surface area (TPSA) is 52.7 Å². The minimum Gasteiger partial charge on any atom is -0.340 e. The zero-order valence-corrected chi connectivity index (χ0v) is 13.9. The van der Waals surface area contributed by atoms with Gasteiger partial charge in [0.15, 0.2) is 11.6 Å². The molecule has 1 aliphatic heterocycles. The summed E-state index contributed by atoms with van der Waals surface area (Å²) in [6.45, 7) is 5.55. The smallest absolute Gasteiger partial charge is 0.253 e. The van der Waals surface area contributed by atoms with Crippen molar-refractivity contribution in [1.82, 2.24) is 15.1 Å². The van der Waals surface area contributed by atoms with Crippen molar-refractivity contribution in [3.05, 3.63) is 35.4 Å². The number of carbonyl (C=O) groups excluding carboxylic acids is 2. The highest BCUT2D eigenvalue weighted by molar-refractivity contribution is 5.94. The van der Waals surface area contributed by atoms with E-state index in [0.29, 0.717) is 19.6 Å². The molecule has 0 unspecified atom stereocenters.